The van der Waals surface area contributed by atoms with Crippen molar-refractivity contribution in [3.63, 3.8) is 0 Å². The molecule has 1 aromatic rings. The van der Waals surface area contributed by atoms with Crippen LogP contribution < -0.4 is 16.4 Å². The Kier molecular flexibility index (Phi) is 7.17. The summed E-state index contributed by atoms with van der Waals surface area (Å²) in [6.07, 6.45) is 0.808. The van der Waals surface area contributed by atoms with Gasteiger partial charge < -0.3 is 16.4 Å². The molecule has 0 aliphatic rings. The second kappa shape index (κ2) is 8.48. The van der Waals surface area contributed by atoms with Crippen LogP contribution in [0.3, 0.4) is 0 Å². The van der Waals surface area contributed by atoms with Gasteiger partial charge in [0.15, 0.2) is 0 Å². The highest BCUT2D eigenvalue weighted by Gasteiger charge is 2.26. The molecule has 0 saturated carbocycles. The molecular weight excluding hydrogens is 314 g/mol. The minimum absolute atomic E-state index is 0.0264. The molecular formula is C20H33N3O2. The van der Waals surface area contributed by atoms with Crippen LogP contribution in [0, 0.1) is 11.3 Å². The number of benzene rings is 1. The zero-order valence-electron chi connectivity index (χ0n) is 16.4. The van der Waals surface area contributed by atoms with Crippen molar-refractivity contribution in [3.8, 4) is 0 Å². The Bertz CT molecular complexity index is 588. The molecule has 4 N–H and O–H groups in total. The van der Waals surface area contributed by atoms with E-state index in [1.165, 1.54) is 0 Å². The van der Waals surface area contributed by atoms with Gasteiger partial charge in [-0.05, 0) is 48.9 Å². The lowest BCUT2D eigenvalue weighted by molar-refractivity contribution is 0.0895. The largest absolute Gasteiger partial charge is 0.352 e. The fourth-order valence-electron chi connectivity index (χ4n) is 2.65. The second-order valence-corrected chi connectivity index (χ2v) is 8.64. The quantitative estimate of drug-likeness (QED) is 0.709. The first-order chi connectivity index (χ1) is 11.5. The maximum atomic E-state index is 12.5. The van der Waals surface area contributed by atoms with E-state index in [0.29, 0.717) is 30.1 Å². The Labute approximate surface area is 151 Å². The number of amides is 2. The van der Waals surface area contributed by atoms with Crippen molar-refractivity contribution >= 4 is 11.8 Å². The molecule has 0 heterocycles. The van der Waals surface area contributed by atoms with Crippen LogP contribution in [-0.2, 0) is 0 Å². The normalized spacial score (nSPS) is 14.1. The second-order valence-electron chi connectivity index (χ2n) is 8.64. The summed E-state index contributed by atoms with van der Waals surface area (Å²) in [4.78, 5) is 24.6. The molecule has 1 atom stereocenters. The molecule has 1 aromatic carbocycles. The van der Waals surface area contributed by atoms with Crippen LogP contribution in [0.1, 0.15) is 68.7 Å². The summed E-state index contributed by atoms with van der Waals surface area (Å²) < 4.78 is 0. The maximum absolute atomic E-state index is 12.5. The molecule has 5 nitrogen and oxygen atoms in total. The number of carbonyl (C=O) groups is 2. The van der Waals surface area contributed by atoms with E-state index in [2.05, 4.69) is 45.3 Å². The van der Waals surface area contributed by atoms with Gasteiger partial charge in [0.2, 0.25) is 0 Å². The highest BCUT2D eigenvalue weighted by atomic mass is 16.2. The van der Waals surface area contributed by atoms with Crippen LogP contribution in [0.25, 0.3) is 0 Å². The van der Waals surface area contributed by atoms with Crippen molar-refractivity contribution in [2.45, 2.75) is 53.5 Å². The van der Waals surface area contributed by atoms with Gasteiger partial charge in [-0.1, -0.05) is 34.6 Å². The summed E-state index contributed by atoms with van der Waals surface area (Å²) in [5, 5.41) is 5.92. The van der Waals surface area contributed by atoms with Crippen LogP contribution in [0.5, 0.6) is 0 Å². The van der Waals surface area contributed by atoms with Crippen molar-refractivity contribution in [2.75, 3.05) is 13.1 Å². The van der Waals surface area contributed by atoms with Crippen LogP contribution in [0.4, 0.5) is 0 Å². The molecule has 25 heavy (non-hydrogen) atoms. The molecule has 0 fully saturated rings. The van der Waals surface area contributed by atoms with Gasteiger partial charge in [-0.25, -0.2) is 0 Å². The molecule has 0 saturated heterocycles. The molecule has 0 aliphatic carbocycles. The Morgan fingerprint density at radius 3 is 1.88 bits per heavy atom. The van der Waals surface area contributed by atoms with E-state index in [1.54, 1.807) is 24.3 Å². The highest BCUT2D eigenvalue weighted by molar-refractivity contribution is 5.98. The molecule has 0 radical (unpaired) electrons. The monoisotopic (exact) mass is 347 g/mol. The number of hydrogen-bond acceptors (Lipinski definition) is 3. The number of carbonyl (C=O) groups excluding carboxylic acids is 2. The average molecular weight is 348 g/mol. The molecule has 2 amide bonds. The van der Waals surface area contributed by atoms with Crippen LogP contribution in [-0.4, -0.2) is 30.4 Å². The summed E-state index contributed by atoms with van der Waals surface area (Å²) in [5.41, 5.74) is 6.51. The Hall–Kier alpha value is -1.88. The Morgan fingerprint density at radius 2 is 1.48 bits per heavy atom. The maximum Gasteiger partial charge on any atom is 0.251 e. The molecule has 0 spiro atoms. The van der Waals surface area contributed by atoms with Crippen molar-refractivity contribution in [3.05, 3.63) is 35.4 Å². The van der Waals surface area contributed by atoms with E-state index in [4.69, 9.17) is 5.73 Å². The summed E-state index contributed by atoms with van der Waals surface area (Å²) in [6, 6.07) is 6.70. The molecule has 0 aliphatic heterocycles. The lowest BCUT2D eigenvalue weighted by Crippen LogP contribution is -2.52. The lowest BCUT2D eigenvalue weighted by atomic mass is 9.90. The highest BCUT2D eigenvalue weighted by Crippen LogP contribution is 2.16. The summed E-state index contributed by atoms with van der Waals surface area (Å²) in [5.74, 6) is 0.131. The summed E-state index contributed by atoms with van der Waals surface area (Å²) in [6.45, 7) is 13.3. The smallest absolute Gasteiger partial charge is 0.251 e. The van der Waals surface area contributed by atoms with Gasteiger partial charge in [0.25, 0.3) is 11.8 Å². The summed E-state index contributed by atoms with van der Waals surface area (Å²) >= 11 is 0. The van der Waals surface area contributed by atoms with Gasteiger partial charge in [0.1, 0.15) is 0 Å². The Morgan fingerprint density at radius 1 is 1.00 bits per heavy atom. The molecule has 0 aromatic heterocycles. The zero-order chi connectivity index (χ0) is 19.3. The van der Waals surface area contributed by atoms with Crippen molar-refractivity contribution in [1.29, 1.82) is 0 Å². The van der Waals surface area contributed by atoms with E-state index >= 15 is 0 Å². The molecule has 5 heteroatoms. The van der Waals surface area contributed by atoms with Gasteiger partial charge in [-0.15, -0.1) is 0 Å². The fraction of sp³-hybridized carbons (Fsp3) is 0.600. The molecule has 140 valence electrons. The zero-order valence-corrected chi connectivity index (χ0v) is 16.4. The standard InChI is InChI=1S/C20H33N3O2/c1-14(2)11-20(6,12-21)23-18(25)16-9-7-15(8-10-16)17(24)22-13-19(3,4)5/h7-10,14H,11-13,21H2,1-6H3,(H,22,24)(H,23,25). The van der Waals surface area contributed by atoms with E-state index < -0.39 is 5.54 Å². The first kappa shape index (κ1) is 21.2. The van der Waals surface area contributed by atoms with Gasteiger partial charge in [0.05, 0.1) is 0 Å². The first-order valence-corrected chi connectivity index (χ1v) is 8.87. The van der Waals surface area contributed by atoms with Gasteiger partial charge >= 0.3 is 0 Å². The lowest BCUT2D eigenvalue weighted by Gasteiger charge is -2.31. The first-order valence-electron chi connectivity index (χ1n) is 8.87. The van der Waals surface area contributed by atoms with E-state index in [0.717, 1.165) is 6.42 Å². The van der Waals surface area contributed by atoms with Gasteiger partial charge in [0, 0.05) is 29.8 Å². The number of hydrogen-bond donors (Lipinski definition) is 3. The van der Waals surface area contributed by atoms with Crippen molar-refractivity contribution in [1.82, 2.24) is 10.6 Å². The third-order valence-corrected chi connectivity index (χ3v) is 3.91. The molecule has 0 bridgehead atoms. The van der Waals surface area contributed by atoms with Crippen molar-refractivity contribution < 1.29 is 9.59 Å². The van der Waals surface area contributed by atoms with Crippen LogP contribution >= 0.6 is 0 Å². The third kappa shape index (κ3) is 7.26. The predicted octanol–water partition coefficient (Wildman–Crippen LogP) is 2.96. The number of rotatable bonds is 7. The number of nitrogens with one attached hydrogen (secondary N) is 2. The molecule has 1 rings (SSSR count). The Balaban J connectivity index is 2.75. The van der Waals surface area contributed by atoms with Crippen LogP contribution in [0.15, 0.2) is 24.3 Å². The minimum atomic E-state index is -0.437. The van der Waals surface area contributed by atoms with E-state index in [1.807, 2.05) is 6.92 Å². The fourth-order valence-corrected chi connectivity index (χ4v) is 2.65. The topological polar surface area (TPSA) is 84.2 Å². The molecule has 1 unspecified atom stereocenters. The third-order valence-electron chi connectivity index (χ3n) is 3.91. The SMILES string of the molecule is CC(C)CC(C)(CN)NC(=O)c1ccc(C(=O)NCC(C)(C)C)cc1. The summed E-state index contributed by atoms with van der Waals surface area (Å²) in [7, 11) is 0. The van der Waals surface area contributed by atoms with Gasteiger partial charge in [-0.2, -0.15) is 0 Å². The van der Waals surface area contributed by atoms with Crippen LogP contribution in [0.2, 0.25) is 0 Å². The predicted molar refractivity (Wildman–Crippen MR) is 103 cm³/mol. The van der Waals surface area contributed by atoms with Crippen molar-refractivity contribution in [2.24, 2.45) is 17.1 Å². The van der Waals surface area contributed by atoms with E-state index in [-0.39, 0.29) is 17.2 Å². The number of nitrogens with two attached hydrogens (primary N) is 1. The van der Waals surface area contributed by atoms with Gasteiger partial charge in [-0.3, -0.25) is 9.59 Å². The average Bonchev–Trinajstić information content (AvgIpc) is 2.51. The minimum Gasteiger partial charge on any atom is -0.352 e. The van der Waals surface area contributed by atoms with E-state index in [9.17, 15) is 9.59 Å².